The molecule has 0 aliphatic carbocycles. The minimum absolute atomic E-state index is 0.0539. The lowest BCUT2D eigenvalue weighted by Gasteiger charge is -2.41. The fourth-order valence-corrected chi connectivity index (χ4v) is 2.87. The van der Waals surface area contributed by atoms with Gasteiger partial charge in [-0.15, -0.1) is 0 Å². The highest BCUT2D eigenvalue weighted by molar-refractivity contribution is 5.73. The SMILES string of the molecule is COC(=O)C1C(O)C[C@H]2C[C@H](OC)CN2C1O. The van der Waals surface area contributed by atoms with Gasteiger partial charge in [-0.2, -0.15) is 0 Å². The quantitative estimate of drug-likeness (QED) is 0.604. The first-order valence-corrected chi connectivity index (χ1v) is 5.81. The van der Waals surface area contributed by atoms with Gasteiger partial charge in [0.05, 0.1) is 19.3 Å². The van der Waals surface area contributed by atoms with Gasteiger partial charge in [0, 0.05) is 19.7 Å². The number of esters is 1. The Morgan fingerprint density at radius 3 is 2.59 bits per heavy atom. The number of hydrogen-bond donors (Lipinski definition) is 2. The molecular formula is C11H19NO5. The number of carbonyl (C=O) groups excluding carboxylic acids is 1. The van der Waals surface area contributed by atoms with Crippen LogP contribution in [-0.2, 0) is 14.3 Å². The van der Waals surface area contributed by atoms with Crippen molar-refractivity contribution in [3.63, 3.8) is 0 Å². The summed E-state index contributed by atoms with van der Waals surface area (Å²) < 4.78 is 9.87. The lowest BCUT2D eigenvalue weighted by Crippen LogP contribution is -2.56. The molecule has 3 unspecified atom stereocenters. The molecule has 0 radical (unpaired) electrons. The Morgan fingerprint density at radius 1 is 1.29 bits per heavy atom. The maximum atomic E-state index is 11.5. The predicted octanol–water partition coefficient (Wildman–Crippen LogP) is -1.05. The number of rotatable bonds is 2. The van der Waals surface area contributed by atoms with E-state index >= 15 is 0 Å². The van der Waals surface area contributed by atoms with Crippen LogP contribution in [0.2, 0.25) is 0 Å². The molecule has 2 aliphatic rings. The number of carbonyl (C=O) groups is 1. The third-order valence-corrected chi connectivity index (χ3v) is 3.81. The molecule has 98 valence electrons. The number of hydrogen-bond acceptors (Lipinski definition) is 6. The van der Waals surface area contributed by atoms with E-state index in [2.05, 4.69) is 4.74 Å². The van der Waals surface area contributed by atoms with Crippen molar-refractivity contribution in [3.8, 4) is 0 Å². The Morgan fingerprint density at radius 2 is 2.00 bits per heavy atom. The van der Waals surface area contributed by atoms with Crippen molar-refractivity contribution in [1.29, 1.82) is 0 Å². The first kappa shape index (κ1) is 12.8. The predicted molar refractivity (Wildman–Crippen MR) is 58.0 cm³/mol. The first-order valence-electron chi connectivity index (χ1n) is 5.81. The van der Waals surface area contributed by atoms with Crippen LogP contribution in [-0.4, -0.2) is 66.3 Å². The van der Waals surface area contributed by atoms with Crippen LogP contribution >= 0.6 is 0 Å². The van der Waals surface area contributed by atoms with Gasteiger partial charge in [0.1, 0.15) is 12.1 Å². The van der Waals surface area contributed by atoms with E-state index in [0.29, 0.717) is 13.0 Å². The van der Waals surface area contributed by atoms with E-state index in [1.54, 1.807) is 7.11 Å². The molecule has 2 aliphatic heterocycles. The smallest absolute Gasteiger partial charge is 0.315 e. The molecule has 2 heterocycles. The summed E-state index contributed by atoms with van der Waals surface area (Å²) in [5, 5.41) is 20.1. The fraction of sp³-hybridized carbons (Fsp3) is 0.909. The van der Waals surface area contributed by atoms with E-state index in [9.17, 15) is 15.0 Å². The molecule has 0 spiro atoms. The second-order valence-electron chi connectivity index (χ2n) is 4.71. The van der Waals surface area contributed by atoms with Gasteiger partial charge in [-0.1, -0.05) is 0 Å². The molecule has 0 bridgehead atoms. The molecule has 6 heteroatoms. The van der Waals surface area contributed by atoms with Crippen molar-refractivity contribution in [2.24, 2.45) is 5.92 Å². The molecule has 17 heavy (non-hydrogen) atoms. The highest BCUT2D eigenvalue weighted by atomic mass is 16.5. The lowest BCUT2D eigenvalue weighted by atomic mass is 9.88. The van der Waals surface area contributed by atoms with Gasteiger partial charge in [0.2, 0.25) is 0 Å². The largest absolute Gasteiger partial charge is 0.469 e. The molecule has 5 atom stereocenters. The van der Waals surface area contributed by atoms with Crippen molar-refractivity contribution in [2.75, 3.05) is 20.8 Å². The van der Waals surface area contributed by atoms with Gasteiger partial charge < -0.3 is 19.7 Å². The van der Waals surface area contributed by atoms with Crippen molar-refractivity contribution < 1.29 is 24.5 Å². The number of nitrogens with zero attached hydrogens (tertiary/aromatic N) is 1. The average molecular weight is 245 g/mol. The van der Waals surface area contributed by atoms with Crippen molar-refractivity contribution in [2.45, 2.75) is 37.3 Å². The third kappa shape index (κ3) is 2.18. The molecule has 0 aromatic carbocycles. The van der Waals surface area contributed by atoms with E-state index < -0.39 is 24.2 Å². The van der Waals surface area contributed by atoms with Crippen LogP contribution < -0.4 is 0 Å². The summed E-state index contributed by atoms with van der Waals surface area (Å²) in [7, 11) is 2.89. The van der Waals surface area contributed by atoms with Crippen molar-refractivity contribution in [3.05, 3.63) is 0 Å². The number of fused-ring (bicyclic) bond motifs is 1. The Labute approximate surface area is 100 Å². The Balaban J connectivity index is 2.12. The molecule has 6 nitrogen and oxygen atoms in total. The van der Waals surface area contributed by atoms with Gasteiger partial charge in [0.25, 0.3) is 0 Å². The molecule has 0 amide bonds. The monoisotopic (exact) mass is 245 g/mol. The minimum atomic E-state index is -0.989. The lowest BCUT2D eigenvalue weighted by molar-refractivity contribution is -0.176. The number of ether oxygens (including phenoxy) is 2. The van der Waals surface area contributed by atoms with Crippen LogP contribution in [0.25, 0.3) is 0 Å². The van der Waals surface area contributed by atoms with E-state index in [1.165, 1.54) is 7.11 Å². The van der Waals surface area contributed by atoms with Crippen LogP contribution in [0.15, 0.2) is 0 Å². The van der Waals surface area contributed by atoms with E-state index in [1.807, 2.05) is 4.90 Å². The maximum absolute atomic E-state index is 11.5. The summed E-state index contributed by atoms with van der Waals surface area (Å²) in [6.45, 7) is 0.586. The van der Waals surface area contributed by atoms with Gasteiger partial charge in [-0.05, 0) is 12.8 Å². The van der Waals surface area contributed by atoms with Gasteiger partial charge in [-0.3, -0.25) is 9.69 Å². The normalized spacial score (nSPS) is 42.2. The van der Waals surface area contributed by atoms with E-state index in [0.717, 1.165) is 6.42 Å². The number of aliphatic hydroxyl groups is 2. The highest BCUT2D eigenvalue weighted by Gasteiger charge is 2.49. The summed E-state index contributed by atoms with van der Waals surface area (Å²) in [6, 6.07) is 0.0749. The van der Waals surface area contributed by atoms with Crippen LogP contribution in [0.1, 0.15) is 12.8 Å². The van der Waals surface area contributed by atoms with Crippen LogP contribution in [0.4, 0.5) is 0 Å². The summed E-state index contributed by atoms with van der Waals surface area (Å²) in [6.07, 6.45) is -0.543. The van der Waals surface area contributed by atoms with E-state index in [-0.39, 0.29) is 12.1 Å². The van der Waals surface area contributed by atoms with Gasteiger partial charge >= 0.3 is 5.97 Å². The Kier molecular flexibility index (Phi) is 3.67. The molecule has 2 fully saturated rings. The van der Waals surface area contributed by atoms with E-state index in [4.69, 9.17) is 4.74 Å². The summed E-state index contributed by atoms with van der Waals surface area (Å²) >= 11 is 0. The maximum Gasteiger partial charge on any atom is 0.315 e. The molecule has 2 rings (SSSR count). The molecular weight excluding hydrogens is 226 g/mol. The Hall–Kier alpha value is -0.690. The zero-order valence-corrected chi connectivity index (χ0v) is 10.1. The topological polar surface area (TPSA) is 79.2 Å². The van der Waals surface area contributed by atoms with Gasteiger partial charge in [-0.25, -0.2) is 0 Å². The zero-order chi connectivity index (χ0) is 12.6. The second-order valence-corrected chi connectivity index (χ2v) is 4.71. The molecule has 0 saturated carbocycles. The molecule has 2 N–H and O–H groups in total. The number of methoxy groups -OCH3 is 2. The van der Waals surface area contributed by atoms with Crippen LogP contribution in [0.5, 0.6) is 0 Å². The van der Waals surface area contributed by atoms with Crippen LogP contribution in [0.3, 0.4) is 0 Å². The molecule has 0 aromatic heterocycles. The first-order chi connectivity index (χ1) is 8.08. The molecule has 2 saturated heterocycles. The number of piperidine rings is 1. The standard InChI is InChI=1S/C11H19NO5/c1-16-7-3-6-4-8(13)9(11(15)17-2)10(14)12(6)5-7/h6-10,13-14H,3-5H2,1-2H3/t6-,7+,8?,9?,10?/m1/s1. The zero-order valence-electron chi connectivity index (χ0n) is 10.1. The minimum Gasteiger partial charge on any atom is -0.469 e. The summed E-state index contributed by atoms with van der Waals surface area (Å²) in [5.41, 5.74) is 0. The highest BCUT2D eigenvalue weighted by Crippen LogP contribution is 2.35. The van der Waals surface area contributed by atoms with Gasteiger partial charge in [0.15, 0.2) is 0 Å². The average Bonchev–Trinajstić information content (AvgIpc) is 2.71. The fourth-order valence-electron chi connectivity index (χ4n) is 2.87. The third-order valence-electron chi connectivity index (χ3n) is 3.81. The van der Waals surface area contributed by atoms with Crippen molar-refractivity contribution in [1.82, 2.24) is 4.90 Å². The summed E-state index contributed by atoms with van der Waals surface area (Å²) in [5.74, 6) is -1.45. The summed E-state index contributed by atoms with van der Waals surface area (Å²) in [4.78, 5) is 13.3. The Bertz CT molecular complexity index is 298. The second kappa shape index (κ2) is 4.89. The van der Waals surface area contributed by atoms with Crippen LogP contribution in [0, 0.1) is 5.92 Å². The van der Waals surface area contributed by atoms with Crippen molar-refractivity contribution >= 4 is 5.97 Å². The molecule has 0 aromatic rings. The number of aliphatic hydroxyl groups excluding tert-OH is 2.